The normalized spacial score (nSPS) is 9.88. The van der Waals surface area contributed by atoms with E-state index in [4.69, 9.17) is 5.11 Å². The van der Waals surface area contributed by atoms with Gasteiger partial charge in [0.25, 0.3) is 0 Å². The van der Waals surface area contributed by atoms with Gasteiger partial charge in [-0.2, -0.15) is 5.10 Å². The first-order chi connectivity index (χ1) is 8.20. The maximum absolute atomic E-state index is 10.7. The summed E-state index contributed by atoms with van der Waals surface area (Å²) >= 11 is 0. The molecule has 2 N–H and O–H groups in total. The number of carboxylic acid groups (broad SMARTS) is 1. The van der Waals surface area contributed by atoms with Gasteiger partial charge in [-0.15, -0.1) is 0 Å². The topological polar surface area (TPSA) is 84.2 Å². The monoisotopic (exact) mass is 231 g/mol. The number of carbonyl (C=O) groups excluding carboxylic acids is 1. The van der Waals surface area contributed by atoms with Crippen molar-refractivity contribution in [3.05, 3.63) is 42.2 Å². The van der Waals surface area contributed by atoms with E-state index < -0.39 is 5.97 Å². The van der Waals surface area contributed by atoms with Gasteiger partial charge in [0.15, 0.2) is 5.69 Å². The number of carboxylic acids is 1. The maximum Gasteiger partial charge on any atom is 0.356 e. The fourth-order valence-electron chi connectivity index (χ4n) is 1.36. The van der Waals surface area contributed by atoms with E-state index in [2.05, 4.69) is 10.4 Å². The molecule has 1 aromatic heterocycles. The Morgan fingerprint density at radius 3 is 2.53 bits per heavy atom. The first kappa shape index (κ1) is 10.9. The smallest absolute Gasteiger partial charge is 0.356 e. The van der Waals surface area contributed by atoms with Crippen LogP contribution in [0.25, 0.3) is 5.69 Å². The molecule has 6 heteroatoms. The zero-order valence-corrected chi connectivity index (χ0v) is 8.70. The van der Waals surface area contributed by atoms with Crippen LogP contribution in [0.2, 0.25) is 0 Å². The minimum Gasteiger partial charge on any atom is -0.476 e. The zero-order chi connectivity index (χ0) is 12.3. The van der Waals surface area contributed by atoms with Crippen molar-refractivity contribution < 1.29 is 14.7 Å². The molecule has 0 spiro atoms. The molecule has 17 heavy (non-hydrogen) atoms. The average Bonchev–Trinajstić information content (AvgIpc) is 2.80. The number of carbonyl (C=O) groups is 2. The molecule has 0 aliphatic heterocycles. The number of hydrogen-bond acceptors (Lipinski definition) is 3. The van der Waals surface area contributed by atoms with Crippen molar-refractivity contribution >= 4 is 18.1 Å². The molecule has 1 heterocycles. The molecule has 0 aliphatic carbocycles. The zero-order valence-electron chi connectivity index (χ0n) is 8.70. The summed E-state index contributed by atoms with van der Waals surface area (Å²) in [7, 11) is 0. The highest BCUT2D eigenvalue weighted by Gasteiger charge is 2.07. The van der Waals surface area contributed by atoms with Crippen LogP contribution in [0, 0.1) is 0 Å². The Kier molecular flexibility index (Phi) is 2.87. The largest absolute Gasteiger partial charge is 0.476 e. The lowest BCUT2D eigenvalue weighted by Crippen LogP contribution is -2.01. The van der Waals surface area contributed by atoms with Crippen LogP contribution in [0.1, 0.15) is 10.5 Å². The van der Waals surface area contributed by atoms with Crippen molar-refractivity contribution in [2.75, 3.05) is 5.32 Å². The van der Waals surface area contributed by atoms with Crippen molar-refractivity contribution in [1.29, 1.82) is 0 Å². The Balaban J connectivity index is 2.26. The highest BCUT2D eigenvalue weighted by atomic mass is 16.4. The average molecular weight is 231 g/mol. The van der Waals surface area contributed by atoms with Gasteiger partial charge in [-0.05, 0) is 30.3 Å². The molecule has 1 amide bonds. The second kappa shape index (κ2) is 4.48. The van der Waals surface area contributed by atoms with Crippen LogP contribution in [-0.2, 0) is 4.79 Å². The molecule has 0 fully saturated rings. The van der Waals surface area contributed by atoms with Gasteiger partial charge in [-0.25, -0.2) is 9.48 Å². The Hall–Kier alpha value is -2.63. The lowest BCUT2D eigenvalue weighted by Gasteiger charge is -2.02. The van der Waals surface area contributed by atoms with E-state index in [-0.39, 0.29) is 5.69 Å². The lowest BCUT2D eigenvalue weighted by molar-refractivity contribution is -0.105. The number of anilines is 1. The van der Waals surface area contributed by atoms with Crippen LogP contribution in [0.3, 0.4) is 0 Å². The third-order valence-corrected chi connectivity index (χ3v) is 2.17. The molecule has 0 aliphatic rings. The van der Waals surface area contributed by atoms with Crippen LogP contribution < -0.4 is 5.32 Å². The van der Waals surface area contributed by atoms with Gasteiger partial charge in [-0.1, -0.05) is 0 Å². The SMILES string of the molecule is O=CNc1ccc(-n2ccc(C(=O)O)n2)cc1. The van der Waals surface area contributed by atoms with E-state index in [1.54, 1.807) is 30.5 Å². The van der Waals surface area contributed by atoms with Crippen LogP contribution >= 0.6 is 0 Å². The number of amides is 1. The van der Waals surface area contributed by atoms with Crippen LogP contribution in [0.15, 0.2) is 36.5 Å². The first-order valence-electron chi connectivity index (χ1n) is 4.80. The number of aromatic carboxylic acids is 1. The Morgan fingerprint density at radius 2 is 2.00 bits per heavy atom. The highest BCUT2D eigenvalue weighted by molar-refractivity contribution is 5.85. The van der Waals surface area contributed by atoms with E-state index in [0.717, 1.165) is 0 Å². The van der Waals surface area contributed by atoms with E-state index in [1.165, 1.54) is 10.7 Å². The summed E-state index contributed by atoms with van der Waals surface area (Å²) < 4.78 is 1.45. The maximum atomic E-state index is 10.7. The second-order valence-corrected chi connectivity index (χ2v) is 3.26. The fourth-order valence-corrected chi connectivity index (χ4v) is 1.36. The summed E-state index contributed by atoms with van der Waals surface area (Å²) in [6, 6.07) is 8.27. The summed E-state index contributed by atoms with van der Waals surface area (Å²) in [4.78, 5) is 20.9. The van der Waals surface area contributed by atoms with Gasteiger partial charge in [0.1, 0.15) is 0 Å². The van der Waals surface area contributed by atoms with Gasteiger partial charge in [0.2, 0.25) is 6.41 Å². The lowest BCUT2D eigenvalue weighted by atomic mass is 10.3. The van der Waals surface area contributed by atoms with Crippen molar-refractivity contribution in [1.82, 2.24) is 9.78 Å². The highest BCUT2D eigenvalue weighted by Crippen LogP contribution is 2.12. The molecule has 2 rings (SSSR count). The number of nitrogens with one attached hydrogen (secondary N) is 1. The second-order valence-electron chi connectivity index (χ2n) is 3.26. The van der Waals surface area contributed by atoms with Gasteiger partial charge < -0.3 is 10.4 Å². The number of nitrogens with zero attached hydrogens (tertiary/aromatic N) is 2. The van der Waals surface area contributed by atoms with Gasteiger partial charge >= 0.3 is 5.97 Å². The van der Waals surface area contributed by atoms with Crippen LogP contribution in [0.5, 0.6) is 0 Å². The van der Waals surface area contributed by atoms with Crippen LogP contribution in [0.4, 0.5) is 5.69 Å². The minimum absolute atomic E-state index is 0.0138. The molecule has 0 atom stereocenters. The number of rotatable bonds is 4. The number of benzene rings is 1. The Labute approximate surface area is 96.5 Å². The van der Waals surface area contributed by atoms with Gasteiger partial charge in [-0.3, -0.25) is 4.79 Å². The summed E-state index contributed by atoms with van der Waals surface area (Å²) in [5, 5.41) is 15.1. The number of hydrogen-bond donors (Lipinski definition) is 2. The van der Waals surface area contributed by atoms with E-state index in [1.807, 2.05) is 0 Å². The van der Waals surface area contributed by atoms with Gasteiger partial charge in [0.05, 0.1) is 5.69 Å². The molecule has 0 saturated carbocycles. The van der Waals surface area contributed by atoms with Crippen molar-refractivity contribution in [3.63, 3.8) is 0 Å². The fraction of sp³-hybridized carbons (Fsp3) is 0. The van der Waals surface area contributed by atoms with E-state index in [0.29, 0.717) is 17.8 Å². The molecular weight excluding hydrogens is 222 g/mol. The Morgan fingerprint density at radius 1 is 1.29 bits per heavy atom. The molecule has 0 unspecified atom stereocenters. The van der Waals surface area contributed by atoms with Crippen molar-refractivity contribution in [2.24, 2.45) is 0 Å². The number of aromatic nitrogens is 2. The summed E-state index contributed by atoms with van der Waals surface area (Å²) in [5.41, 5.74) is 1.36. The third-order valence-electron chi connectivity index (χ3n) is 2.17. The summed E-state index contributed by atoms with van der Waals surface area (Å²) in [6.45, 7) is 0. The quantitative estimate of drug-likeness (QED) is 0.773. The molecule has 6 nitrogen and oxygen atoms in total. The van der Waals surface area contributed by atoms with Crippen molar-refractivity contribution in [3.8, 4) is 5.69 Å². The van der Waals surface area contributed by atoms with E-state index >= 15 is 0 Å². The third kappa shape index (κ3) is 2.31. The molecular formula is C11H9N3O3. The standard InChI is InChI=1S/C11H9N3O3/c15-7-12-8-1-3-9(4-2-8)14-6-5-10(13-14)11(16)17/h1-7H,(H,12,15)(H,16,17). The van der Waals surface area contributed by atoms with Gasteiger partial charge in [0, 0.05) is 11.9 Å². The summed E-state index contributed by atoms with van der Waals surface area (Å²) in [5.74, 6) is -1.07. The first-order valence-corrected chi connectivity index (χ1v) is 4.80. The van der Waals surface area contributed by atoms with E-state index in [9.17, 15) is 9.59 Å². The minimum atomic E-state index is -1.07. The summed E-state index contributed by atoms with van der Waals surface area (Å²) in [6.07, 6.45) is 2.15. The van der Waals surface area contributed by atoms with Crippen LogP contribution in [-0.4, -0.2) is 27.3 Å². The van der Waals surface area contributed by atoms with Crippen molar-refractivity contribution in [2.45, 2.75) is 0 Å². The predicted octanol–water partition coefficient (Wildman–Crippen LogP) is 1.14. The predicted molar refractivity (Wildman–Crippen MR) is 60.2 cm³/mol. The molecule has 86 valence electrons. The molecule has 2 aromatic rings. The Bertz CT molecular complexity index is 545. The molecule has 0 radical (unpaired) electrons. The molecule has 1 aromatic carbocycles. The molecule has 0 bridgehead atoms. The molecule has 0 saturated heterocycles.